The molecule has 3 nitrogen and oxygen atoms in total. The molecule has 0 aromatic heterocycles. The maximum atomic E-state index is 12.0. The van der Waals surface area contributed by atoms with Gasteiger partial charge in [-0.1, -0.05) is 11.6 Å². The highest BCUT2D eigenvalue weighted by Crippen LogP contribution is 2.28. The lowest BCUT2D eigenvalue weighted by Gasteiger charge is -2.08. The maximum Gasteiger partial charge on any atom is 0.252 e. The number of hydrogen-bond donors (Lipinski definition) is 1. The van der Waals surface area contributed by atoms with Crippen molar-refractivity contribution in [2.24, 2.45) is 5.92 Å². The van der Waals surface area contributed by atoms with Crippen LogP contribution in [0, 0.1) is 5.92 Å². The molecule has 2 rings (SSSR count). The molecule has 0 heterocycles. The van der Waals surface area contributed by atoms with Crippen molar-refractivity contribution in [3.05, 3.63) is 28.8 Å². The number of rotatable bonds is 8. The van der Waals surface area contributed by atoms with Gasteiger partial charge in [-0.3, -0.25) is 4.79 Å². The Morgan fingerprint density at radius 3 is 3.00 bits per heavy atom. The highest BCUT2D eigenvalue weighted by molar-refractivity contribution is 7.98. The van der Waals surface area contributed by atoms with Crippen LogP contribution in [-0.4, -0.2) is 31.9 Å². The van der Waals surface area contributed by atoms with E-state index in [4.69, 9.17) is 16.3 Å². The van der Waals surface area contributed by atoms with Crippen LogP contribution in [0.3, 0.4) is 0 Å². The number of benzene rings is 1. The molecular formula is C15H20ClNO2S. The van der Waals surface area contributed by atoms with Crippen molar-refractivity contribution in [3.8, 4) is 0 Å². The lowest BCUT2D eigenvalue weighted by molar-refractivity contribution is 0.0937. The summed E-state index contributed by atoms with van der Waals surface area (Å²) in [6.07, 6.45) is 5.42. The van der Waals surface area contributed by atoms with E-state index in [9.17, 15) is 4.79 Å². The number of nitrogens with one attached hydrogen (secondary N) is 1. The Bertz CT molecular complexity index is 463. The second kappa shape index (κ2) is 7.91. The average Bonchev–Trinajstić information content (AvgIpc) is 3.27. The molecule has 1 aromatic carbocycles. The molecule has 1 fully saturated rings. The number of halogens is 1. The number of amides is 1. The Hall–Kier alpha value is -0.710. The molecule has 1 aromatic rings. The standard InChI is InChI=1S/C15H20ClNO2S/c1-20-12-5-6-14(16)13(9-12)15(18)17-7-2-8-19-10-11-3-4-11/h5-6,9,11H,2-4,7-8,10H2,1H3,(H,17,18). The molecule has 0 unspecified atom stereocenters. The van der Waals surface area contributed by atoms with E-state index in [0.29, 0.717) is 23.7 Å². The molecule has 1 saturated carbocycles. The molecule has 0 bridgehead atoms. The second-order valence-corrected chi connectivity index (χ2v) is 6.26. The second-order valence-electron chi connectivity index (χ2n) is 4.97. The number of ether oxygens (including phenoxy) is 1. The first-order valence-electron chi connectivity index (χ1n) is 6.90. The predicted molar refractivity (Wildman–Crippen MR) is 83.7 cm³/mol. The third-order valence-electron chi connectivity index (χ3n) is 3.22. The van der Waals surface area contributed by atoms with Crippen molar-refractivity contribution < 1.29 is 9.53 Å². The van der Waals surface area contributed by atoms with Gasteiger partial charge in [0.2, 0.25) is 0 Å². The molecule has 1 aliphatic carbocycles. The normalized spacial score (nSPS) is 14.3. The zero-order valence-electron chi connectivity index (χ0n) is 11.7. The third-order valence-corrected chi connectivity index (χ3v) is 4.27. The topological polar surface area (TPSA) is 38.3 Å². The van der Waals surface area contributed by atoms with Gasteiger partial charge in [-0.2, -0.15) is 0 Å². The lowest BCUT2D eigenvalue weighted by Crippen LogP contribution is -2.25. The minimum absolute atomic E-state index is 0.118. The minimum atomic E-state index is -0.118. The van der Waals surface area contributed by atoms with Gasteiger partial charge in [-0.05, 0) is 49.6 Å². The molecule has 0 spiro atoms. The fraction of sp³-hybridized carbons (Fsp3) is 0.533. The number of hydrogen-bond acceptors (Lipinski definition) is 3. The smallest absolute Gasteiger partial charge is 0.252 e. The maximum absolute atomic E-state index is 12.0. The van der Waals surface area contributed by atoms with Crippen molar-refractivity contribution in [1.82, 2.24) is 5.32 Å². The van der Waals surface area contributed by atoms with E-state index in [-0.39, 0.29) is 5.91 Å². The minimum Gasteiger partial charge on any atom is -0.381 e. The van der Waals surface area contributed by atoms with Gasteiger partial charge in [-0.15, -0.1) is 11.8 Å². The van der Waals surface area contributed by atoms with Gasteiger partial charge in [0, 0.05) is 24.7 Å². The predicted octanol–water partition coefficient (Wildman–Crippen LogP) is 3.61. The molecule has 1 aliphatic rings. The van der Waals surface area contributed by atoms with E-state index in [2.05, 4.69) is 5.32 Å². The zero-order valence-corrected chi connectivity index (χ0v) is 13.2. The summed E-state index contributed by atoms with van der Waals surface area (Å²) in [4.78, 5) is 13.1. The van der Waals surface area contributed by atoms with Crippen LogP contribution < -0.4 is 5.32 Å². The molecule has 0 radical (unpaired) electrons. The van der Waals surface area contributed by atoms with Crippen LogP contribution in [0.2, 0.25) is 5.02 Å². The molecular weight excluding hydrogens is 294 g/mol. The molecule has 0 atom stereocenters. The summed E-state index contributed by atoms with van der Waals surface area (Å²) < 4.78 is 5.52. The third kappa shape index (κ3) is 5.00. The monoisotopic (exact) mass is 313 g/mol. The number of carbonyl (C=O) groups excluding carboxylic acids is 1. The van der Waals surface area contributed by atoms with E-state index in [1.54, 1.807) is 17.8 Å². The van der Waals surface area contributed by atoms with E-state index < -0.39 is 0 Å². The first-order valence-corrected chi connectivity index (χ1v) is 8.50. The summed E-state index contributed by atoms with van der Waals surface area (Å²) in [7, 11) is 0. The molecule has 0 saturated heterocycles. The molecule has 0 aliphatic heterocycles. The van der Waals surface area contributed by atoms with E-state index >= 15 is 0 Å². The van der Waals surface area contributed by atoms with Gasteiger partial charge in [0.1, 0.15) is 0 Å². The summed E-state index contributed by atoms with van der Waals surface area (Å²) in [6.45, 7) is 2.19. The summed E-state index contributed by atoms with van der Waals surface area (Å²) in [5.41, 5.74) is 0.539. The van der Waals surface area contributed by atoms with Gasteiger partial charge in [0.05, 0.1) is 10.6 Å². The van der Waals surface area contributed by atoms with Crippen molar-refractivity contribution in [1.29, 1.82) is 0 Å². The molecule has 110 valence electrons. The Labute approximate surface area is 129 Å². The van der Waals surface area contributed by atoms with Crippen LogP contribution in [0.4, 0.5) is 0 Å². The Morgan fingerprint density at radius 1 is 1.50 bits per heavy atom. The van der Waals surface area contributed by atoms with E-state index in [0.717, 1.165) is 23.8 Å². The first-order chi connectivity index (χ1) is 9.70. The number of thioether (sulfide) groups is 1. The summed E-state index contributed by atoms with van der Waals surface area (Å²) in [6, 6.07) is 5.50. The van der Waals surface area contributed by atoms with Crippen molar-refractivity contribution in [3.63, 3.8) is 0 Å². The van der Waals surface area contributed by atoms with Crippen molar-refractivity contribution in [2.45, 2.75) is 24.2 Å². The molecule has 1 amide bonds. The Kier molecular flexibility index (Phi) is 6.20. The van der Waals surface area contributed by atoms with Gasteiger partial charge in [0.25, 0.3) is 5.91 Å². The largest absolute Gasteiger partial charge is 0.381 e. The van der Waals surface area contributed by atoms with Gasteiger partial charge in [-0.25, -0.2) is 0 Å². The highest BCUT2D eigenvalue weighted by atomic mass is 35.5. The molecule has 20 heavy (non-hydrogen) atoms. The van der Waals surface area contributed by atoms with Crippen LogP contribution in [0.5, 0.6) is 0 Å². The van der Waals surface area contributed by atoms with Crippen LogP contribution in [0.25, 0.3) is 0 Å². The van der Waals surface area contributed by atoms with Crippen LogP contribution in [0.1, 0.15) is 29.6 Å². The van der Waals surface area contributed by atoms with Gasteiger partial charge in [0.15, 0.2) is 0 Å². The van der Waals surface area contributed by atoms with Gasteiger partial charge < -0.3 is 10.1 Å². The van der Waals surface area contributed by atoms with Crippen LogP contribution in [0.15, 0.2) is 23.1 Å². The summed E-state index contributed by atoms with van der Waals surface area (Å²) in [5, 5.41) is 3.37. The van der Waals surface area contributed by atoms with E-state index in [1.165, 1.54) is 12.8 Å². The van der Waals surface area contributed by atoms with Gasteiger partial charge >= 0.3 is 0 Å². The SMILES string of the molecule is CSc1ccc(Cl)c(C(=O)NCCCOCC2CC2)c1. The average molecular weight is 314 g/mol. The van der Waals surface area contributed by atoms with Crippen LogP contribution in [-0.2, 0) is 4.74 Å². The Morgan fingerprint density at radius 2 is 2.30 bits per heavy atom. The molecule has 1 N–H and O–H groups in total. The summed E-state index contributed by atoms with van der Waals surface area (Å²) in [5.74, 6) is 0.672. The fourth-order valence-corrected chi connectivity index (χ4v) is 2.45. The van der Waals surface area contributed by atoms with E-state index in [1.807, 2.05) is 18.4 Å². The quantitative estimate of drug-likeness (QED) is 0.588. The highest BCUT2D eigenvalue weighted by Gasteiger charge is 2.20. The summed E-state index contributed by atoms with van der Waals surface area (Å²) >= 11 is 7.65. The lowest BCUT2D eigenvalue weighted by atomic mass is 10.2. The van der Waals surface area contributed by atoms with Crippen molar-refractivity contribution >= 4 is 29.3 Å². The Balaban J connectivity index is 1.70. The first kappa shape index (κ1) is 15.7. The number of carbonyl (C=O) groups is 1. The zero-order chi connectivity index (χ0) is 14.4. The fourth-order valence-electron chi connectivity index (χ4n) is 1.81. The van der Waals surface area contributed by atoms with Crippen molar-refractivity contribution in [2.75, 3.05) is 26.0 Å². The molecule has 5 heteroatoms. The van der Waals surface area contributed by atoms with Crippen LogP contribution >= 0.6 is 23.4 Å².